The molecule has 100 valence electrons. The highest BCUT2D eigenvalue weighted by atomic mass is 79.9. The van der Waals surface area contributed by atoms with Gasteiger partial charge in [-0.3, -0.25) is 0 Å². The Morgan fingerprint density at radius 2 is 2.37 bits per heavy atom. The van der Waals surface area contributed by atoms with Crippen LogP contribution in [0.1, 0.15) is 35.8 Å². The molecule has 1 aromatic heterocycles. The van der Waals surface area contributed by atoms with Crippen LogP contribution in [0.2, 0.25) is 0 Å². The minimum absolute atomic E-state index is 0.383. The summed E-state index contributed by atoms with van der Waals surface area (Å²) in [6, 6.07) is 6.99. The number of benzene rings is 1. The molecule has 19 heavy (non-hydrogen) atoms. The van der Waals surface area contributed by atoms with Crippen molar-refractivity contribution in [1.29, 1.82) is 0 Å². The summed E-state index contributed by atoms with van der Waals surface area (Å²) in [6.45, 7) is 0.562. The first kappa shape index (κ1) is 12.9. The number of hydrogen-bond donors (Lipinski definition) is 0. The van der Waals surface area contributed by atoms with Crippen LogP contribution in [0, 0.1) is 0 Å². The number of nitrogens with zero attached hydrogens (tertiary/aromatic N) is 2. The lowest BCUT2D eigenvalue weighted by atomic mass is 9.87. The van der Waals surface area contributed by atoms with Crippen LogP contribution in [-0.4, -0.2) is 16.7 Å². The van der Waals surface area contributed by atoms with E-state index in [1.54, 1.807) is 7.11 Å². The van der Waals surface area contributed by atoms with Crippen molar-refractivity contribution >= 4 is 15.9 Å². The molecule has 0 fully saturated rings. The van der Waals surface area contributed by atoms with E-state index in [1.165, 1.54) is 24.0 Å². The zero-order valence-electron chi connectivity index (χ0n) is 11.0. The molecular formula is C15H17BrN2O. The highest BCUT2D eigenvalue weighted by Crippen LogP contribution is 2.35. The van der Waals surface area contributed by atoms with Gasteiger partial charge in [-0.15, -0.1) is 0 Å². The molecule has 1 aromatic carbocycles. The normalized spacial score (nSPS) is 18.3. The highest BCUT2D eigenvalue weighted by Gasteiger charge is 2.23. The third-order valence-corrected chi connectivity index (χ3v) is 4.24. The molecule has 0 spiro atoms. The topological polar surface area (TPSA) is 27.1 Å². The van der Waals surface area contributed by atoms with Crippen molar-refractivity contribution in [2.75, 3.05) is 7.11 Å². The molecular weight excluding hydrogens is 304 g/mol. The van der Waals surface area contributed by atoms with Gasteiger partial charge in [0, 0.05) is 24.0 Å². The molecule has 1 aliphatic carbocycles. The van der Waals surface area contributed by atoms with Crippen molar-refractivity contribution in [3.05, 3.63) is 52.0 Å². The SMILES string of the molecule is COCc1nccn1C1CCCc2ccc(Br)cc21. The van der Waals surface area contributed by atoms with E-state index in [9.17, 15) is 0 Å². The fraction of sp³-hybridized carbons (Fsp3) is 0.400. The largest absolute Gasteiger partial charge is 0.377 e. The Balaban J connectivity index is 2.03. The number of hydrogen-bond acceptors (Lipinski definition) is 2. The molecule has 0 amide bonds. The molecule has 2 aromatic rings. The van der Waals surface area contributed by atoms with Gasteiger partial charge in [0.15, 0.2) is 0 Å². The zero-order chi connectivity index (χ0) is 13.2. The smallest absolute Gasteiger partial charge is 0.135 e. The lowest BCUT2D eigenvalue weighted by Gasteiger charge is -2.28. The van der Waals surface area contributed by atoms with E-state index in [0.29, 0.717) is 12.6 Å². The number of fused-ring (bicyclic) bond motifs is 1. The van der Waals surface area contributed by atoms with Crippen molar-refractivity contribution in [3.8, 4) is 0 Å². The Kier molecular flexibility index (Phi) is 3.71. The number of aromatic nitrogens is 2. The maximum Gasteiger partial charge on any atom is 0.135 e. The third kappa shape index (κ3) is 2.47. The molecule has 0 radical (unpaired) electrons. The Morgan fingerprint density at radius 3 is 3.21 bits per heavy atom. The second-order valence-electron chi connectivity index (χ2n) is 4.93. The van der Waals surface area contributed by atoms with Gasteiger partial charge in [-0.25, -0.2) is 4.98 Å². The maximum atomic E-state index is 5.24. The van der Waals surface area contributed by atoms with E-state index in [0.717, 1.165) is 16.7 Å². The van der Waals surface area contributed by atoms with E-state index in [4.69, 9.17) is 4.74 Å². The molecule has 1 atom stereocenters. The van der Waals surface area contributed by atoms with E-state index in [-0.39, 0.29) is 0 Å². The average molecular weight is 321 g/mol. The van der Waals surface area contributed by atoms with E-state index < -0.39 is 0 Å². The molecule has 4 heteroatoms. The Morgan fingerprint density at radius 1 is 1.47 bits per heavy atom. The van der Waals surface area contributed by atoms with Crippen LogP contribution in [0.4, 0.5) is 0 Å². The van der Waals surface area contributed by atoms with Crippen molar-refractivity contribution in [3.63, 3.8) is 0 Å². The molecule has 1 unspecified atom stereocenters. The summed E-state index contributed by atoms with van der Waals surface area (Å²) in [5.41, 5.74) is 2.87. The van der Waals surface area contributed by atoms with Gasteiger partial charge in [0.1, 0.15) is 12.4 Å². The fourth-order valence-corrected chi connectivity index (χ4v) is 3.28. The second-order valence-corrected chi connectivity index (χ2v) is 5.85. The number of rotatable bonds is 3. The molecule has 3 rings (SSSR count). The van der Waals surface area contributed by atoms with Crippen LogP contribution in [-0.2, 0) is 17.8 Å². The van der Waals surface area contributed by atoms with Crippen molar-refractivity contribution < 1.29 is 4.74 Å². The van der Waals surface area contributed by atoms with Gasteiger partial charge in [0.05, 0.1) is 6.04 Å². The standard InChI is InChI=1S/C15H17BrN2O/c1-19-10-15-17-7-8-18(15)14-4-2-3-11-5-6-12(16)9-13(11)14/h5-9,14H,2-4,10H2,1H3. The van der Waals surface area contributed by atoms with Gasteiger partial charge in [0.2, 0.25) is 0 Å². The van der Waals surface area contributed by atoms with Gasteiger partial charge < -0.3 is 9.30 Å². The number of ether oxygens (including phenoxy) is 1. The van der Waals surface area contributed by atoms with Crippen LogP contribution >= 0.6 is 15.9 Å². The molecule has 0 saturated carbocycles. The zero-order valence-corrected chi connectivity index (χ0v) is 12.6. The van der Waals surface area contributed by atoms with E-state index in [2.05, 4.69) is 49.9 Å². The van der Waals surface area contributed by atoms with E-state index >= 15 is 0 Å². The first-order valence-electron chi connectivity index (χ1n) is 6.58. The number of imidazole rings is 1. The Bertz CT molecular complexity index is 579. The van der Waals surface area contributed by atoms with Gasteiger partial charge in [0.25, 0.3) is 0 Å². The lowest BCUT2D eigenvalue weighted by molar-refractivity contribution is 0.172. The van der Waals surface area contributed by atoms with E-state index in [1.807, 2.05) is 6.20 Å². The summed E-state index contributed by atoms with van der Waals surface area (Å²) in [5.74, 6) is 1.00. The summed E-state index contributed by atoms with van der Waals surface area (Å²) >= 11 is 3.58. The van der Waals surface area contributed by atoms with Crippen LogP contribution in [0.5, 0.6) is 0 Å². The van der Waals surface area contributed by atoms with Crippen molar-refractivity contribution in [2.24, 2.45) is 0 Å². The van der Waals surface area contributed by atoms with Gasteiger partial charge in [-0.2, -0.15) is 0 Å². The highest BCUT2D eigenvalue weighted by molar-refractivity contribution is 9.10. The van der Waals surface area contributed by atoms with Crippen LogP contribution in [0.3, 0.4) is 0 Å². The minimum Gasteiger partial charge on any atom is -0.377 e. The Hall–Kier alpha value is -1.13. The number of halogens is 1. The molecule has 0 N–H and O–H groups in total. The van der Waals surface area contributed by atoms with Crippen LogP contribution in [0.25, 0.3) is 0 Å². The van der Waals surface area contributed by atoms with Crippen molar-refractivity contribution in [2.45, 2.75) is 31.9 Å². The first-order valence-corrected chi connectivity index (χ1v) is 7.38. The lowest BCUT2D eigenvalue weighted by Crippen LogP contribution is -2.19. The predicted molar refractivity (Wildman–Crippen MR) is 78.2 cm³/mol. The molecule has 1 heterocycles. The number of methoxy groups -OCH3 is 1. The fourth-order valence-electron chi connectivity index (χ4n) is 2.90. The van der Waals surface area contributed by atoms with Crippen LogP contribution < -0.4 is 0 Å². The molecule has 0 aliphatic heterocycles. The third-order valence-electron chi connectivity index (χ3n) is 3.75. The van der Waals surface area contributed by atoms with Gasteiger partial charge in [-0.1, -0.05) is 22.0 Å². The van der Waals surface area contributed by atoms with Gasteiger partial charge in [-0.05, 0) is 42.5 Å². The van der Waals surface area contributed by atoms with Crippen LogP contribution in [0.15, 0.2) is 35.1 Å². The van der Waals surface area contributed by atoms with Crippen molar-refractivity contribution in [1.82, 2.24) is 9.55 Å². The summed E-state index contributed by atoms with van der Waals surface area (Å²) in [7, 11) is 1.71. The second kappa shape index (κ2) is 5.47. The predicted octanol–water partition coefficient (Wildman–Crippen LogP) is 3.72. The molecule has 3 nitrogen and oxygen atoms in total. The van der Waals surface area contributed by atoms with Gasteiger partial charge >= 0.3 is 0 Å². The maximum absolute atomic E-state index is 5.24. The monoisotopic (exact) mass is 320 g/mol. The summed E-state index contributed by atoms with van der Waals surface area (Å²) in [4.78, 5) is 4.40. The Labute approximate surface area is 121 Å². The summed E-state index contributed by atoms with van der Waals surface area (Å²) in [6.07, 6.45) is 7.49. The molecule has 1 aliphatic rings. The summed E-state index contributed by atoms with van der Waals surface area (Å²) < 4.78 is 8.64. The molecule has 0 saturated heterocycles. The summed E-state index contributed by atoms with van der Waals surface area (Å²) in [5, 5.41) is 0. The number of aryl methyl sites for hydroxylation is 1. The first-order chi connectivity index (χ1) is 9.29. The quantitative estimate of drug-likeness (QED) is 0.861. The average Bonchev–Trinajstić information content (AvgIpc) is 2.86. The minimum atomic E-state index is 0.383. The molecule has 0 bridgehead atoms.